The average Bonchev–Trinajstić information content (AvgIpc) is 2.81. The van der Waals surface area contributed by atoms with Crippen LogP contribution in [0.15, 0.2) is 77.6 Å². The van der Waals surface area contributed by atoms with Crippen molar-refractivity contribution in [2.75, 3.05) is 13.1 Å². The van der Waals surface area contributed by atoms with E-state index in [1.807, 2.05) is 60.7 Å². The SMILES string of the molecule is Cn1nc(C(=O)N2CCC(C(O)(c3ccccc3)c3ccccc3)CC2)ccc1=O. The summed E-state index contributed by atoms with van der Waals surface area (Å²) in [4.78, 5) is 26.1. The number of piperidine rings is 1. The Kier molecular flexibility index (Phi) is 5.50. The largest absolute Gasteiger partial charge is 0.380 e. The molecule has 2 heterocycles. The van der Waals surface area contributed by atoms with E-state index in [1.165, 1.54) is 23.9 Å². The number of carbonyl (C=O) groups is 1. The monoisotopic (exact) mass is 403 g/mol. The number of likely N-dealkylation sites (tertiary alicyclic amines) is 1. The van der Waals surface area contributed by atoms with E-state index in [4.69, 9.17) is 0 Å². The summed E-state index contributed by atoms with van der Waals surface area (Å²) in [5.74, 6) is -0.216. The summed E-state index contributed by atoms with van der Waals surface area (Å²) in [5, 5.41) is 16.0. The van der Waals surface area contributed by atoms with Crippen LogP contribution in [0.2, 0.25) is 0 Å². The van der Waals surface area contributed by atoms with Crippen molar-refractivity contribution in [3.63, 3.8) is 0 Å². The number of amides is 1. The molecule has 30 heavy (non-hydrogen) atoms. The second-order valence-corrected chi connectivity index (χ2v) is 7.75. The molecule has 1 amide bonds. The van der Waals surface area contributed by atoms with Crippen molar-refractivity contribution in [1.29, 1.82) is 0 Å². The van der Waals surface area contributed by atoms with Gasteiger partial charge in [0.2, 0.25) is 0 Å². The smallest absolute Gasteiger partial charge is 0.274 e. The van der Waals surface area contributed by atoms with E-state index in [2.05, 4.69) is 5.10 Å². The molecule has 6 heteroatoms. The third kappa shape index (κ3) is 3.66. The third-order valence-electron chi connectivity index (χ3n) is 5.98. The lowest BCUT2D eigenvalue weighted by Gasteiger charge is -2.42. The normalized spacial score (nSPS) is 15.2. The first-order valence-corrected chi connectivity index (χ1v) is 10.2. The zero-order chi connectivity index (χ0) is 21.1. The van der Waals surface area contributed by atoms with E-state index in [0.717, 1.165) is 11.1 Å². The van der Waals surface area contributed by atoms with Gasteiger partial charge in [0.15, 0.2) is 0 Å². The number of aliphatic hydroxyl groups is 1. The topological polar surface area (TPSA) is 75.4 Å². The molecule has 0 atom stereocenters. The van der Waals surface area contributed by atoms with Crippen LogP contribution in [0.25, 0.3) is 0 Å². The maximum Gasteiger partial charge on any atom is 0.274 e. The van der Waals surface area contributed by atoms with E-state index in [0.29, 0.717) is 25.9 Å². The molecule has 154 valence electrons. The quantitative estimate of drug-likeness (QED) is 0.727. The van der Waals surface area contributed by atoms with Crippen LogP contribution in [-0.4, -0.2) is 38.8 Å². The number of aromatic nitrogens is 2. The van der Waals surface area contributed by atoms with Gasteiger partial charge in [0.05, 0.1) is 0 Å². The summed E-state index contributed by atoms with van der Waals surface area (Å²) >= 11 is 0. The average molecular weight is 403 g/mol. The minimum atomic E-state index is -1.12. The van der Waals surface area contributed by atoms with E-state index in [1.54, 1.807) is 4.90 Å². The summed E-state index contributed by atoms with van der Waals surface area (Å²) in [5.41, 5.74) is 0.617. The molecular weight excluding hydrogens is 378 g/mol. The fourth-order valence-electron chi connectivity index (χ4n) is 4.30. The number of rotatable bonds is 4. The van der Waals surface area contributed by atoms with E-state index in [9.17, 15) is 14.7 Å². The van der Waals surface area contributed by atoms with E-state index >= 15 is 0 Å². The molecule has 0 spiro atoms. The molecule has 1 fully saturated rings. The Balaban J connectivity index is 1.57. The predicted octanol–water partition coefficient (Wildman–Crippen LogP) is 2.57. The summed E-state index contributed by atoms with van der Waals surface area (Å²) in [6.07, 6.45) is 1.33. The van der Waals surface area contributed by atoms with Crippen molar-refractivity contribution in [2.24, 2.45) is 13.0 Å². The molecule has 1 N–H and O–H groups in total. The first-order valence-electron chi connectivity index (χ1n) is 10.2. The molecule has 0 saturated carbocycles. The summed E-state index contributed by atoms with van der Waals surface area (Å²) in [7, 11) is 1.53. The van der Waals surface area contributed by atoms with Crippen molar-refractivity contribution in [3.05, 3.63) is 100.0 Å². The predicted molar refractivity (Wildman–Crippen MR) is 114 cm³/mol. The highest BCUT2D eigenvalue weighted by molar-refractivity contribution is 5.92. The molecule has 0 bridgehead atoms. The van der Waals surface area contributed by atoms with Crippen molar-refractivity contribution in [3.8, 4) is 0 Å². The molecule has 0 radical (unpaired) electrons. The summed E-state index contributed by atoms with van der Waals surface area (Å²) in [6, 6.07) is 22.3. The molecule has 4 rings (SSSR count). The van der Waals surface area contributed by atoms with Crippen molar-refractivity contribution in [1.82, 2.24) is 14.7 Å². The first kappa shape index (κ1) is 20.0. The zero-order valence-corrected chi connectivity index (χ0v) is 16.9. The standard InChI is InChI=1S/C24H25N3O3/c1-26-22(28)13-12-21(25-26)23(29)27-16-14-20(15-17-27)24(30,18-8-4-2-5-9-18)19-10-6-3-7-11-19/h2-13,20,30H,14-17H2,1H3. The Labute approximate surface area is 175 Å². The number of nitrogens with zero attached hydrogens (tertiary/aromatic N) is 3. The lowest BCUT2D eigenvalue weighted by Crippen LogP contribution is -2.46. The van der Waals surface area contributed by atoms with Gasteiger partial charge in [-0.05, 0) is 36.0 Å². The Hall–Kier alpha value is -3.25. The van der Waals surface area contributed by atoms with Gasteiger partial charge in [-0.25, -0.2) is 4.68 Å². The highest BCUT2D eigenvalue weighted by atomic mass is 16.3. The van der Waals surface area contributed by atoms with Gasteiger partial charge in [0.25, 0.3) is 11.5 Å². The van der Waals surface area contributed by atoms with Gasteiger partial charge in [-0.1, -0.05) is 60.7 Å². The molecule has 0 unspecified atom stereocenters. The molecule has 2 aromatic carbocycles. The van der Waals surface area contributed by atoms with Crippen LogP contribution in [-0.2, 0) is 12.6 Å². The minimum Gasteiger partial charge on any atom is -0.380 e. The summed E-state index contributed by atoms with van der Waals surface area (Å²) in [6.45, 7) is 1.05. The minimum absolute atomic E-state index is 0.0283. The lowest BCUT2D eigenvalue weighted by molar-refractivity contribution is -0.0123. The van der Waals surface area contributed by atoms with Crippen molar-refractivity contribution < 1.29 is 9.90 Å². The molecule has 6 nitrogen and oxygen atoms in total. The van der Waals surface area contributed by atoms with Crippen LogP contribution in [0.5, 0.6) is 0 Å². The molecule has 1 saturated heterocycles. The molecule has 1 aromatic heterocycles. The molecule has 1 aliphatic heterocycles. The first-order chi connectivity index (χ1) is 14.5. The van der Waals surface area contributed by atoms with Gasteiger partial charge < -0.3 is 10.0 Å². The lowest BCUT2D eigenvalue weighted by atomic mass is 9.72. The van der Waals surface area contributed by atoms with Crippen molar-refractivity contribution in [2.45, 2.75) is 18.4 Å². The highest BCUT2D eigenvalue weighted by Crippen LogP contribution is 2.41. The van der Waals surface area contributed by atoms with Crippen LogP contribution >= 0.6 is 0 Å². The van der Waals surface area contributed by atoms with E-state index < -0.39 is 5.60 Å². The van der Waals surface area contributed by atoms with Crippen molar-refractivity contribution >= 4 is 5.91 Å². The van der Waals surface area contributed by atoms with E-state index in [-0.39, 0.29) is 23.1 Å². The Bertz CT molecular complexity index is 1030. The molecular formula is C24H25N3O3. The number of carbonyl (C=O) groups excluding carboxylic acids is 1. The van der Waals surface area contributed by atoms with Gasteiger partial charge in [-0.3, -0.25) is 9.59 Å². The third-order valence-corrected chi connectivity index (χ3v) is 5.98. The number of hydrogen-bond donors (Lipinski definition) is 1. The van der Waals surface area contributed by atoms with Crippen LogP contribution in [0.1, 0.15) is 34.5 Å². The Morgan fingerprint density at radius 1 is 0.933 bits per heavy atom. The number of benzene rings is 2. The molecule has 3 aromatic rings. The van der Waals surface area contributed by atoms with Crippen LogP contribution in [0.4, 0.5) is 0 Å². The maximum absolute atomic E-state index is 12.8. The fraction of sp³-hybridized carbons (Fsp3) is 0.292. The van der Waals surface area contributed by atoms with Crippen LogP contribution in [0.3, 0.4) is 0 Å². The Morgan fingerprint density at radius 2 is 1.47 bits per heavy atom. The van der Waals surface area contributed by atoms with Gasteiger partial charge in [0, 0.05) is 26.2 Å². The van der Waals surface area contributed by atoms with Gasteiger partial charge in [-0.15, -0.1) is 0 Å². The second-order valence-electron chi connectivity index (χ2n) is 7.75. The molecule has 1 aliphatic rings. The Morgan fingerprint density at radius 3 is 1.97 bits per heavy atom. The van der Waals surface area contributed by atoms with Gasteiger partial charge in [0.1, 0.15) is 11.3 Å². The highest BCUT2D eigenvalue weighted by Gasteiger charge is 2.42. The van der Waals surface area contributed by atoms with Crippen LogP contribution in [0, 0.1) is 5.92 Å². The second kappa shape index (κ2) is 8.24. The zero-order valence-electron chi connectivity index (χ0n) is 16.9. The summed E-state index contributed by atoms with van der Waals surface area (Å²) < 4.78 is 1.17. The van der Waals surface area contributed by atoms with Gasteiger partial charge in [-0.2, -0.15) is 5.10 Å². The maximum atomic E-state index is 12.8. The van der Waals surface area contributed by atoms with Gasteiger partial charge >= 0.3 is 0 Å². The van der Waals surface area contributed by atoms with Crippen LogP contribution < -0.4 is 5.56 Å². The molecule has 0 aliphatic carbocycles. The number of aryl methyl sites for hydroxylation is 1. The number of hydrogen-bond acceptors (Lipinski definition) is 4. The fourth-order valence-corrected chi connectivity index (χ4v) is 4.30.